The number of alkyl halides is 3. The number of carbonyl (C=O) groups is 1. The molecule has 6 nitrogen and oxygen atoms in total. The summed E-state index contributed by atoms with van der Waals surface area (Å²) in [6.07, 6.45) is -4.22. The molecule has 22 heavy (non-hydrogen) atoms. The van der Waals surface area contributed by atoms with Crippen molar-refractivity contribution in [2.45, 2.75) is 26.4 Å². The van der Waals surface area contributed by atoms with Crippen LogP contribution in [0, 0.1) is 13.8 Å². The van der Waals surface area contributed by atoms with Gasteiger partial charge in [0.25, 0.3) is 0 Å². The summed E-state index contributed by atoms with van der Waals surface area (Å²) in [6.45, 7) is 1.65. The minimum Gasteiger partial charge on any atom is -0.396 e. The van der Waals surface area contributed by atoms with Crippen LogP contribution in [0.3, 0.4) is 0 Å². The summed E-state index contributed by atoms with van der Waals surface area (Å²) < 4.78 is 39.1. The molecule has 0 radical (unpaired) electrons. The van der Waals surface area contributed by atoms with Crippen molar-refractivity contribution >= 4 is 11.6 Å². The molecular weight excluding hydrogens is 301 g/mol. The highest BCUT2D eigenvalue weighted by Gasteiger charge is 2.31. The molecule has 0 aliphatic rings. The molecule has 2 N–H and O–H groups in total. The van der Waals surface area contributed by atoms with E-state index < -0.39 is 25.2 Å². The minimum absolute atomic E-state index is 0.00552. The number of hydrogen-bond donors (Lipinski definition) is 2. The lowest BCUT2D eigenvalue weighted by Gasteiger charge is -2.22. The van der Waals surface area contributed by atoms with Crippen molar-refractivity contribution in [1.82, 2.24) is 14.7 Å². The molecule has 1 aromatic heterocycles. The maximum Gasteiger partial charge on any atom is 0.401 e. The van der Waals surface area contributed by atoms with Crippen LogP contribution in [0.4, 0.5) is 18.9 Å². The number of anilines is 1. The van der Waals surface area contributed by atoms with Crippen LogP contribution in [0.25, 0.3) is 0 Å². The average molecular weight is 322 g/mol. The van der Waals surface area contributed by atoms with Crippen molar-refractivity contribution in [1.29, 1.82) is 0 Å². The van der Waals surface area contributed by atoms with Gasteiger partial charge in [-0.3, -0.25) is 14.4 Å². The van der Waals surface area contributed by atoms with Gasteiger partial charge < -0.3 is 10.4 Å². The van der Waals surface area contributed by atoms with Crippen molar-refractivity contribution in [2.75, 3.05) is 31.6 Å². The Labute approximate surface area is 126 Å². The molecule has 0 aromatic carbocycles. The number of hydrogen-bond acceptors (Lipinski definition) is 4. The highest BCUT2D eigenvalue weighted by Crippen LogP contribution is 2.19. The van der Waals surface area contributed by atoms with E-state index in [0.29, 0.717) is 11.4 Å². The summed E-state index contributed by atoms with van der Waals surface area (Å²) in [7, 11) is 1.72. The van der Waals surface area contributed by atoms with E-state index in [1.807, 2.05) is 0 Å². The zero-order valence-electron chi connectivity index (χ0n) is 12.9. The van der Waals surface area contributed by atoms with Gasteiger partial charge in [-0.2, -0.15) is 18.3 Å². The van der Waals surface area contributed by atoms with Crippen LogP contribution in [0.15, 0.2) is 0 Å². The van der Waals surface area contributed by atoms with Crippen LogP contribution in [-0.2, 0) is 11.8 Å². The first-order valence-corrected chi connectivity index (χ1v) is 6.84. The Balaban J connectivity index is 2.69. The smallest absolute Gasteiger partial charge is 0.396 e. The standard InChI is InChI=1S/C13H21F3N4O2/c1-9-12(10(2)19(3)18-9)17-11(22)7-20(5-4-6-21)8-13(14,15)16/h21H,4-8H2,1-3H3,(H,17,22). The molecular formula is C13H21F3N4O2. The maximum absolute atomic E-state index is 12.5. The number of halogens is 3. The number of nitrogens with one attached hydrogen (secondary N) is 1. The zero-order chi connectivity index (χ0) is 16.9. The Kier molecular flexibility index (Phi) is 6.36. The summed E-state index contributed by atoms with van der Waals surface area (Å²) in [5.74, 6) is -0.540. The van der Waals surface area contributed by atoms with Crippen molar-refractivity contribution in [3.63, 3.8) is 0 Å². The van der Waals surface area contributed by atoms with E-state index in [9.17, 15) is 18.0 Å². The van der Waals surface area contributed by atoms with Crippen LogP contribution < -0.4 is 5.32 Å². The second kappa shape index (κ2) is 7.59. The molecule has 0 saturated heterocycles. The number of carbonyl (C=O) groups excluding carboxylic acids is 1. The lowest BCUT2D eigenvalue weighted by Crippen LogP contribution is -2.40. The first-order chi connectivity index (χ1) is 10.1. The van der Waals surface area contributed by atoms with Gasteiger partial charge in [-0.25, -0.2) is 0 Å². The van der Waals surface area contributed by atoms with E-state index in [0.717, 1.165) is 10.6 Å². The molecule has 9 heteroatoms. The van der Waals surface area contributed by atoms with Crippen molar-refractivity contribution in [3.8, 4) is 0 Å². The van der Waals surface area contributed by atoms with Gasteiger partial charge >= 0.3 is 6.18 Å². The third kappa shape index (κ3) is 5.64. The molecule has 0 spiro atoms. The molecule has 1 rings (SSSR count). The summed E-state index contributed by atoms with van der Waals surface area (Å²) in [4.78, 5) is 12.9. The maximum atomic E-state index is 12.5. The number of rotatable bonds is 7. The van der Waals surface area contributed by atoms with Crippen LogP contribution in [0.2, 0.25) is 0 Å². The van der Waals surface area contributed by atoms with Gasteiger partial charge in [0.15, 0.2) is 0 Å². The molecule has 126 valence electrons. The Morgan fingerprint density at radius 3 is 2.50 bits per heavy atom. The number of amides is 1. The monoisotopic (exact) mass is 322 g/mol. The molecule has 0 aliphatic heterocycles. The van der Waals surface area contributed by atoms with Gasteiger partial charge in [0.2, 0.25) is 5.91 Å². The summed E-state index contributed by atoms with van der Waals surface area (Å²) in [5.41, 5.74) is 1.84. The Morgan fingerprint density at radius 1 is 1.41 bits per heavy atom. The van der Waals surface area contributed by atoms with Gasteiger partial charge in [-0.15, -0.1) is 0 Å². The predicted octanol–water partition coefficient (Wildman–Crippen LogP) is 1.22. The zero-order valence-corrected chi connectivity index (χ0v) is 12.9. The number of aromatic nitrogens is 2. The predicted molar refractivity (Wildman–Crippen MR) is 75.5 cm³/mol. The normalized spacial score (nSPS) is 12.0. The van der Waals surface area contributed by atoms with Crippen molar-refractivity contribution in [3.05, 3.63) is 11.4 Å². The third-order valence-electron chi connectivity index (χ3n) is 3.18. The van der Waals surface area contributed by atoms with Crippen molar-refractivity contribution < 1.29 is 23.1 Å². The van der Waals surface area contributed by atoms with E-state index in [1.165, 1.54) is 0 Å². The molecule has 0 fully saturated rings. The Morgan fingerprint density at radius 2 is 2.05 bits per heavy atom. The molecule has 0 saturated carbocycles. The van der Waals surface area contributed by atoms with E-state index in [2.05, 4.69) is 10.4 Å². The number of aliphatic hydroxyl groups excluding tert-OH is 1. The van der Waals surface area contributed by atoms with E-state index in [4.69, 9.17) is 5.11 Å². The molecule has 1 aromatic rings. The average Bonchev–Trinajstić information content (AvgIpc) is 2.61. The molecule has 0 bridgehead atoms. The fraction of sp³-hybridized carbons (Fsp3) is 0.692. The van der Waals surface area contributed by atoms with Gasteiger partial charge in [0, 0.05) is 20.2 Å². The van der Waals surface area contributed by atoms with E-state index in [-0.39, 0.29) is 19.6 Å². The van der Waals surface area contributed by atoms with E-state index in [1.54, 1.807) is 25.6 Å². The summed E-state index contributed by atoms with van der Waals surface area (Å²) in [5, 5.41) is 15.5. The van der Waals surface area contributed by atoms with E-state index >= 15 is 0 Å². The molecule has 1 amide bonds. The first kappa shape index (κ1) is 18.4. The molecule has 0 unspecified atom stereocenters. The second-order valence-electron chi connectivity index (χ2n) is 5.12. The largest absolute Gasteiger partial charge is 0.401 e. The molecule has 1 heterocycles. The first-order valence-electron chi connectivity index (χ1n) is 6.84. The molecule has 0 aliphatic carbocycles. The number of nitrogens with zero attached hydrogens (tertiary/aromatic N) is 3. The van der Waals surface area contributed by atoms with Crippen molar-refractivity contribution in [2.24, 2.45) is 7.05 Å². The topological polar surface area (TPSA) is 70.4 Å². The quantitative estimate of drug-likeness (QED) is 0.792. The minimum atomic E-state index is -4.39. The highest BCUT2D eigenvalue weighted by atomic mass is 19.4. The van der Waals surface area contributed by atoms with Crippen LogP contribution >= 0.6 is 0 Å². The third-order valence-corrected chi connectivity index (χ3v) is 3.18. The summed E-state index contributed by atoms with van der Waals surface area (Å²) in [6, 6.07) is 0. The fourth-order valence-electron chi connectivity index (χ4n) is 2.10. The van der Waals surface area contributed by atoms with Gasteiger partial charge in [0.05, 0.1) is 30.2 Å². The van der Waals surface area contributed by atoms with Crippen LogP contribution in [0.1, 0.15) is 17.8 Å². The van der Waals surface area contributed by atoms with Gasteiger partial charge in [0.1, 0.15) is 0 Å². The summed E-state index contributed by atoms with van der Waals surface area (Å²) >= 11 is 0. The molecule has 0 atom stereocenters. The highest BCUT2D eigenvalue weighted by molar-refractivity contribution is 5.93. The Bertz CT molecular complexity index is 514. The fourth-order valence-corrected chi connectivity index (χ4v) is 2.10. The number of aliphatic hydroxyl groups is 1. The lowest BCUT2D eigenvalue weighted by atomic mass is 10.3. The van der Waals surface area contributed by atoms with Crippen LogP contribution in [-0.4, -0.2) is 58.1 Å². The van der Waals surface area contributed by atoms with Gasteiger partial charge in [-0.1, -0.05) is 0 Å². The van der Waals surface area contributed by atoms with Gasteiger partial charge in [-0.05, 0) is 20.3 Å². The SMILES string of the molecule is Cc1nn(C)c(C)c1NC(=O)CN(CCCO)CC(F)(F)F. The lowest BCUT2D eigenvalue weighted by molar-refractivity contribution is -0.148. The Hall–Kier alpha value is -1.61. The second-order valence-corrected chi connectivity index (χ2v) is 5.12. The number of aryl methyl sites for hydroxylation is 2. The van der Waals surface area contributed by atoms with Crippen LogP contribution in [0.5, 0.6) is 0 Å².